The van der Waals surface area contributed by atoms with Crippen molar-refractivity contribution in [3.8, 4) is 5.88 Å². The second-order valence-corrected chi connectivity index (χ2v) is 11.2. The number of carboxylic acid groups (broad SMARTS) is 1. The largest absolute Gasteiger partial charge is 0.494 e. The number of H-pyrrole nitrogens is 1. The van der Waals surface area contributed by atoms with Crippen molar-refractivity contribution >= 4 is 40.1 Å². The minimum atomic E-state index is -1.05. The molecule has 0 unspecified atom stereocenters. The Bertz CT molecular complexity index is 1740. The van der Waals surface area contributed by atoms with Gasteiger partial charge in [0.05, 0.1) is 35.7 Å². The molecular formula is C34H38N6O6. The first-order valence-electron chi connectivity index (χ1n) is 15.0. The highest BCUT2D eigenvalue weighted by molar-refractivity contribution is 6.22. The molecule has 5 rings (SSSR count). The molecule has 4 aromatic rings. The third-order valence-corrected chi connectivity index (χ3v) is 8.08. The molecule has 240 valence electrons. The van der Waals surface area contributed by atoms with Gasteiger partial charge in [0.2, 0.25) is 5.91 Å². The number of nitrogens with zero attached hydrogens (tertiary/aromatic N) is 4. The zero-order chi connectivity index (χ0) is 32.8. The van der Waals surface area contributed by atoms with Crippen molar-refractivity contribution < 1.29 is 29.4 Å². The number of aromatic nitrogens is 1. The third kappa shape index (κ3) is 7.42. The van der Waals surface area contributed by atoms with Crippen molar-refractivity contribution in [3.05, 3.63) is 94.5 Å². The number of hydrogen-bond donors (Lipinski definition) is 4. The number of aromatic carboxylic acids is 1. The lowest BCUT2D eigenvalue weighted by atomic mass is 9.98. The molecule has 1 aromatic heterocycles. The maximum Gasteiger partial charge on any atom is 0.336 e. The Balaban J connectivity index is 1.28. The van der Waals surface area contributed by atoms with Crippen LogP contribution < -0.4 is 5.32 Å². The molecule has 2 heterocycles. The van der Waals surface area contributed by atoms with E-state index in [0.29, 0.717) is 58.7 Å². The molecule has 3 aromatic carbocycles. The lowest BCUT2D eigenvalue weighted by molar-refractivity contribution is -0.122. The zero-order valence-electron chi connectivity index (χ0n) is 26.1. The summed E-state index contributed by atoms with van der Waals surface area (Å²) in [5, 5.41) is 25.1. The minimum absolute atomic E-state index is 0.00895. The summed E-state index contributed by atoms with van der Waals surface area (Å²) in [6, 6.07) is 19.4. The van der Waals surface area contributed by atoms with Crippen molar-refractivity contribution in [1.29, 1.82) is 0 Å². The number of amides is 2. The van der Waals surface area contributed by atoms with Gasteiger partial charge in [0, 0.05) is 68.8 Å². The molecule has 0 aliphatic carbocycles. The molecule has 12 heteroatoms. The van der Waals surface area contributed by atoms with E-state index in [0.717, 1.165) is 31.7 Å². The highest BCUT2D eigenvalue weighted by Crippen LogP contribution is 2.33. The molecule has 46 heavy (non-hydrogen) atoms. The highest BCUT2D eigenvalue weighted by Gasteiger charge is 2.22. The molecule has 0 atom stereocenters. The molecule has 12 nitrogen and oxygen atoms in total. The summed E-state index contributed by atoms with van der Waals surface area (Å²) in [5.41, 5.74) is 3.85. The molecular weight excluding hydrogens is 588 g/mol. The van der Waals surface area contributed by atoms with Gasteiger partial charge in [-0.15, -0.1) is 0 Å². The predicted octanol–water partition coefficient (Wildman–Crippen LogP) is 3.42. The second kappa shape index (κ2) is 14.4. The molecule has 1 fully saturated rings. The van der Waals surface area contributed by atoms with Gasteiger partial charge in [-0.25, -0.2) is 14.9 Å². The summed E-state index contributed by atoms with van der Waals surface area (Å²) in [7, 11) is 3.22. The topological polar surface area (TPSA) is 151 Å². The molecule has 0 spiro atoms. The van der Waals surface area contributed by atoms with Crippen LogP contribution in [-0.4, -0.2) is 114 Å². The van der Waals surface area contributed by atoms with E-state index in [4.69, 9.17) is 9.83 Å². The van der Waals surface area contributed by atoms with E-state index in [1.54, 1.807) is 51.4 Å². The number of carbonyl (C=O) groups excluding carboxylic acids is 2. The van der Waals surface area contributed by atoms with E-state index in [1.165, 1.54) is 11.1 Å². The Hall–Kier alpha value is -5.04. The predicted molar refractivity (Wildman–Crippen MR) is 175 cm³/mol. The monoisotopic (exact) mass is 626 g/mol. The van der Waals surface area contributed by atoms with Gasteiger partial charge in [0.1, 0.15) is 0 Å². The maximum absolute atomic E-state index is 13.1. The number of aliphatic imine (C=N–C) groups is 1. The van der Waals surface area contributed by atoms with Gasteiger partial charge in [-0.2, -0.15) is 0 Å². The first-order valence-corrected chi connectivity index (χ1v) is 15.0. The Morgan fingerprint density at radius 1 is 0.978 bits per heavy atom. The van der Waals surface area contributed by atoms with Crippen LogP contribution in [0.3, 0.4) is 0 Å². The highest BCUT2D eigenvalue weighted by atomic mass is 16.7. The van der Waals surface area contributed by atoms with Crippen LogP contribution in [-0.2, 0) is 9.63 Å². The third-order valence-electron chi connectivity index (χ3n) is 8.08. The van der Waals surface area contributed by atoms with Gasteiger partial charge in [-0.1, -0.05) is 30.3 Å². The van der Waals surface area contributed by atoms with Crippen LogP contribution >= 0.6 is 0 Å². The number of rotatable bonds is 11. The number of aromatic hydroxyl groups is 1. The smallest absolute Gasteiger partial charge is 0.336 e. The van der Waals surface area contributed by atoms with Crippen LogP contribution in [0.2, 0.25) is 0 Å². The number of aromatic amines is 1. The Morgan fingerprint density at radius 2 is 1.65 bits per heavy atom. The molecule has 0 bridgehead atoms. The van der Waals surface area contributed by atoms with Crippen molar-refractivity contribution in [2.24, 2.45) is 4.99 Å². The molecule has 4 N–H and O–H groups in total. The maximum atomic E-state index is 13.1. The van der Waals surface area contributed by atoms with Crippen molar-refractivity contribution in [3.63, 3.8) is 0 Å². The van der Waals surface area contributed by atoms with Crippen molar-refractivity contribution in [1.82, 2.24) is 25.2 Å². The summed E-state index contributed by atoms with van der Waals surface area (Å²) in [6.45, 7) is 6.37. The van der Waals surface area contributed by atoms with E-state index >= 15 is 0 Å². The van der Waals surface area contributed by atoms with E-state index in [2.05, 4.69) is 20.1 Å². The van der Waals surface area contributed by atoms with E-state index in [9.17, 15) is 24.6 Å². The standard InChI is InChI=1S/C34H38N6O6/c1-22-19-27-28(20-26(22)34(44)45)37-32(42)30(27)31(23-7-5-4-6-8-23)36-25-11-9-24(10-12-25)33(43)38(3)46-18-17-39-13-15-40(16-14-39)21-29(41)35-2/h4-12,19-20,37,42H,13-18,21H2,1-3H3,(H,35,41)(H,44,45). The normalized spacial score (nSPS) is 14.4. The quantitative estimate of drug-likeness (QED) is 0.146. The number of hydroxylamine groups is 2. The van der Waals surface area contributed by atoms with E-state index in [1.807, 2.05) is 30.3 Å². The SMILES string of the molecule is CNC(=O)CN1CCN(CCON(C)C(=O)c2ccc(N=C(c3ccccc3)c3c(O)[nH]c4cc(C(=O)O)c(C)cc34)cc2)CC1. The van der Waals surface area contributed by atoms with Crippen LogP contribution in [0.5, 0.6) is 5.88 Å². The van der Waals surface area contributed by atoms with Gasteiger partial charge in [-0.3, -0.25) is 24.2 Å². The molecule has 1 saturated heterocycles. The number of fused-ring (bicyclic) bond motifs is 1. The second-order valence-electron chi connectivity index (χ2n) is 11.2. The average Bonchev–Trinajstić information content (AvgIpc) is 3.38. The number of carboxylic acids is 1. The number of hydrogen-bond acceptors (Lipinski definition) is 8. The first kappa shape index (κ1) is 32.4. The molecule has 0 radical (unpaired) electrons. The van der Waals surface area contributed by atoms with Gasteiger partial charge in [-0.05, 0) is 48.9 Å². The van der Waals surface area contributed by atoms with Crippen LogP contribution in [0.15, 0.2) is 71.7 Å². The van der Waals surface area contributed by atoms with E-state index < -0.39 is 5.97 Å². The summed E-state index contributed by atoms with van der Waals surface area (Å²) in [5.74, 6) is -1.47. The fraction of sp³-hybridized carbons (Fsp3) is 0.294. The minimum Gasteiger partial charge on any atom is -0.494 e. The number of likely N-dealkylation sites (N-methyl/N-ethyl adjacent to an activating group) is 1. The molecule has 2 amide bonds. The van der Waals surface area contributed by atoms with Gasteiger partial charge in [0.15, 0.2) is 5.88 Å². The lowest BCUT2D eigenvalue weighted by Gasteiger charge is -2.34. The zero-order valence-corrected chi connectivity index (χ0v) is 26.1. The Labute approximate surface area is 266 Å². The van der Waals surface area contributed by atoms with Crippen LogP contribution in [0.4, 0.5) is 5.69 Å². The summed E-state index contributed by atoms with van der Waals surface area (Å²) in [6.07, 6.45) is 0. The Morgan fingerprint density at radius 3 is 2.30 bits per heavy atom. The number of aryl methyl sites for hydroxylation is 1. The Kier molecular flexibility index (Phi) is 10.1. The van der Waals surface area contributed by atoms with Gasteiger partial charge in [0.25, 0.3) is 5.91 Å². The number of piperazine rings is 1. The summed E-state index contributed by atoms with van der Waals surface area (Å²) < 4.78 is 0. The summed E-state index contributed by atoms with van der Waals surface area (Å²) in [4.78, 5) is 54.2. The molecule has 1 aliphatic heterocycles. The van der Waals surface area contributed by atoms with Crippen LogP contribution in [0.1, 0.15) is 37.4 Å². The fourth-order valence-electron chi connectivity index (χ4n) is 5.47. The van der Waals surface area contributed by atoms with Crippen LogP contribution in [0.25, 0.3) is 10.9 Å². The number of benzene rings is 3. The van der Waals surface area contributed by atoms with Gasteiger partial charge >= 0.3 is 5.97 Å². The van der Waals surface area contributed by atoms with E-state index in [-0.39, 0.29) is 23.3 Å². The van der Waals surface area contributed by atoms with Crippen molar-refractivity contribution in [2.45, 2.75) is 6.92 Å². The van der Waals surface area contributed by atoms with Crippen molar-refractivity contribution in [2.75, 3.05) is 60.0 Å². The fourth-order valence-corrected chi connectivity index (χ4v) is 5.47. The number of carbonyl (C=O) groups is 3. The average molecular weight is 627 g/mol. The molecule has 1 aliphatic rings. The first-order chi connectivity index (χ1) is 22.1. The number of nitrogens with one attached hydrogen (secondary N) is 2. The van der Waals surface area contributed by atoms with Gasteiger partial charge < -0.3 is 20.5 Å². The summed E-state index contributed by atoms with van der Waals surface area (Å²) >= 11 is 0. The molecule has 0 saturated carbocycles. The lowest BCUT2D eigenvalue weighted by Crippen LogP contribution is -2.50. The van der Waals surface area contributed by atoms with Crippen LogP contribution in [0, 0.1) is 6.92 Å².